The smallest absolute Gasteiger partial charge is 0.340 e. The van der Waals surface area contributed by atoms with E-state index in [-0.39, 0.29) is 40.3 Å². The average Bonchev–Trinajstić information content (AvgIpc) is 3.24. The minimum atomic E-state index is -4.42. The fraction of sp³-hybridized carbons (Fsp3) is 0.278. The van der Waals surface area contributed by atoms with Gasteiger partial charge in [0.2, 0.25) is 0 Å². The Hall–Kier alpha value is -3.14. The number of methoxy groups -OCH3 is 1. The Labute approximate surface area is 202 Å². The second-order valence-electron chi connectivity index (χ2n) is 6.49. The monoisotopic (exact) mass is 530 g/mol. The van der Waals surface area contributed by atoms with E-state index in [0.29, 0.717) is 5.03 Å². The second kappa shape index (κ2) is 10.4. The summed E-state index contributed by atoms with van der Waals surface area (Å²) in [6, 6.07) is 4.42. The van der Waals surface area contributed by atoms with Crippen molar-refractivity contribution in [3.8, 4) is 6.01 Å². The molecule has 0 aliphatic carbocycles. The van der Waals surface area contributed by atoms with Crippen LogP contribution < -0.4 is 15.2 Å². The lowest BCUT2D eigenvalue weighted by molar-refractivity contribution is -0.137. The maximum Gasteiger partial charge on any atom is 0.340 e. The molecule has 0 aliphatic rings. The molecule has 0 aliphatic heterocycles. The van der Waals surface area contributed by atoms with Crippen molar-refractivity contribution < 1.29 is 32.6 Å². The summed E-state index contributed by atoms with van der Waals surface area (Å²) in [5, 5.41) is 12.5. The molecule has 3 aromatic rings. The van der Waals surface area contributed by atoms with Gasteiger partial charge < -0.3 is 20.3 Å². The van der Waals surface area contributed by atoms with Gasteiger partial charge >= 0.3 is 17.9 Å². The Morgan fingerprint density at radius 2 is 2.09 bits per heavy atom. The molecule has 0 saturated heterocycles. The Morgan fingerprint density at radius 3 is 2.74 bits per heavy atom. The highest BCUT2D eigenvalue weighted by Crippen LogP contribution is 2.29. The molecule has 182 valence electrons. The molecule has 1 atom stereocenters. The molecule has 0 saturated carbocycles. The number of esters is 1. The number of halogens is 1. The van der Waals surface area contributed by atoms with Gasteiger partial charge in [-0.3, -0.25) is 9.52 Å². The van der Waals surface area contributed by atoms with Gasteiger partial charge in [0, 0.05) is 11.8 Å². The lowest BCUT2D eigenvalue weighted by Gasteiger charge is -2.11. The average molecular weight is 531 g/mol. The van der Waals surface area contributed by atoms with Crippen molar-refractivity contribution in [3.63, 3.8) is 0 Å². The lowest BCUT2D eigenvalue weighted by Crippen LogP contribution is -2.32. The molecule has 34 heavy (non-hydrogen) atoms. The topological polar surface area (TPSA) is 188 Å². The van der Waals surface area contributed by atoms with E-state index in [0.717, 1.165) is 23.4 Å². The number of sulfonamides is 1. The highest BCUT2D eigenvalue weighted by Gasteiger charge is 2.26. The summed E-state index contributed by atoms with van der Waals surface area (Å²) in [6.07, 6.45) is 0. The predicted octanol–water partition coefficient (Wildman–Crippen LogP) is 1.27. The van der Waals surface area contributed by atoms with Gasteiger partial charge in [0.25, 0.3) is 15.2 Å². The Balaban J connectivity index is 2.01. The van der Waals surface area contributed by atoms with Gasteiger partial charge in [0.05, 0.1) is 30.0 Å². The largest absolute Gasteiger partial charge is 0.480 e. The van der Waals surface area contributed by atoms with Crippen molar-refractivity contribution in [3.05, 3.63) is 34.9 Å². The first-order valence-corrected chi connectivity index (χ1v) is 12.3. The summed E-state index contributed by atoms with van der Waals surface area (Å²) in [4.78, 5) is 31.2. The molecular formula is C18H19ClN6O7S2. The molecule has 13 nitrogen and oxygen atoms in total. The number of para-hydroxylation sites is 1. The molecule has 0 bridgehead atoms. The summed E-state index contributed by atoms with van der Waals surface area (Å²) in [7, 11) is -3.27. The minimum absolute atomic E-state index is 0.00767. The maximum absolute atomic E-state index is 13.0. The highest BCUT2D eigenvalue weighted by atomic mass is 35.5. The number of ether oxygens (including phenoxy) is 2. The third-order valence-corrected chi connectivity index (χ3v) is 6.62. The van der Waals surface area contributed by atoms with E-state index in [1.165, 1.54) is 24.3 Å². The van der Waals surface area contributed by atoms with Crippen LogP contribution in [0.3, 0.4) is 0 Å². The van der Waals surface area contributed by atoms with Crippen LogP contribution in [-0.4, -0.2) is 70.6 Å². The fourth-order valence-corrected chi connectivity index (χ4v) is 4.65. The van der Waals surface area contributed by atoms with Crippen LogP contribution in [0.15, 0.2) is 34.4 Å². The number of hydrogen-bond donors (Lipinski definition) is 3. The summed E-state index contributed by atoms with van der Waals surface area (Å²) in [5.41, 5.74) is 5.29. The van der Waals surface area contributed by atoms with Gasteiger partial charge in [0.1, 0.15) is 11.1 Å². The number of carbonyl (C=O) groups excluding carboxylic acids is 1. The lowest BCUT2D eigenvalue weighted by atomic mass is 10.2. The first-order chi connectivity index (χ1) is 16.1. The van der Waals surface area contributed by atoms with Crippen molar-refractivity contribution in [1.29, 1.82) is 0 Å². The normalized spacial score (nSPS) is 12.4. The van der Waals surface area contributed by atoms with Gasteiger partial charge in [-0.05, 0) is 19.1 Å². The third-order valence-electron chi connectivity index (χ3n) is 4.15. The van der Waals surface area contributed by atoms with Gasteiger partial charge in [-0.25, -0.2) is 4.79 Å². The molecule has 16 heteroatoms. The Bertz CT molecular complexity index is 1350. The van der Waals surface area contributed by atoms with Gasteiger partial charge in [-0.15, -0.1) is 16.9 Å². The van der Waals surface area contributed by atoms with Crippen LogP contribution in [0.2, 0.25) is 5.02 Å². The number of nitrogens with one attached hydrogen (secondary N) is 1. The zero-order valence-electron chi connectivity index (χ0n) is 17.8. The minimum Gasteiger partial charge on any atom is -0.480 e. The maximum atomic E-state index is 13.0. The molecule has 4 N–H and O–H groups in total. The summed E-state index contributed by atoms with van der Waals surface area (Å²) >= 11 is 7.14. The van der Waals surface area contributed by atoms with Crippen molar-refractivity contribution >= 4 is 56.7 Å². The second-order valence-corrected chi connectivity index (χ2v) is 9.51. The first-order valence-electron chi connectivity index (χ1n) is 9.48. The van der Waals surface area contributed by atoms with Crippen molar-refractivity contribution in [2.24, 2.45) is 5.73 Å². The van der Waals surface area contributed by atoms with Crippen LogP contribution in [0, 0.1) is 0 Å². The van der Waals surface area contributed by atoms with Crippen molar-refractivity contribution in [2.45, 2.75) is 23.1 Å². The van der Waals surface area contributed by atoms with E-state index in [2.05, 4.69) is 24.5 Å². The molecule has 0 radical (unpaired) electrons. The summed E-state index contributed by atoms with van der Waals surface area (Å²) in [5.74, 6) is -1.97. The molecule has 2 heterocycles. The molecule has 0 spiro atoms. The van der Waals surface area contributed by atoms with Crippen LogP contribution in [0.1, 0.15) is 17.3 Å². The van der Waals surface area contributed by atoms with Crippen LogP contribution in [0.5, 0.6) is 6.01 Å². The number of thioether (sulfide) groups is 1. The molecule has 1 aromatic carbocycles. The van der Waals surface area contributed by atoms with Gasteiger partial charge in [0.15, 0.2) is 5.65 Å². The highest BCUT2D eigenvalue weighted by molar-refractivity contribution is 7.99. The van der Waals surface area contributed by atoms with Crippen LogP contribution in [-0.2, 0) is 19.6 Å². The van der Waals surface area contributed by atoms with E-state index in [1.54, 1.807) is 6.92 Å². The van der Waals surface area contributed by atoms with Crippen LogP contribution >= 0.6 is 23.4 Å². The van der Waals surface area contributed by atoms with Crippen LogP contribution in [0.4, 0.5) is 5.69 Å². The number of carbonyl (C=O) groups is 2. The first kappa shape index (κ1) is 25.5. The van der Waals surface area contributed by atoms with E-state index in [4.69, 9.17) is 27.2 Å². The summed E-state index contributed by atoms with van der Waals surface area (Å²) in [6.45, 7) is 1.88. The molecular weight excluding hydrogens is 512 g/mol. The van der Waals surface area contributed by atoms with Gasteiger partial charge in [-0.2, -0.15) is 22.9 Å². The number of aromatic nitrogens is 4. The van der Waals surface area contributed by atoms with E-state index < -0.39 is 33.2 Å². The van der Waals surface area contributed by atoms with E-state index in [1.807, 2.05) is 0 Å². The number of fused-ring (bicyclic) bond motifs is 1. The number of rotatable bonds is 10. The number of carboxylic acid groups (broad SMARTS) is 1. The van der Waals surface area contributed by atoms with Crippen molar-refractivity contribution in [2.75, 3.05) is 24.2 Å². The zero-order valence-corrected chi connectivity index (χ0v) is 20.1. The summed E-state index contributed by atoms with van der Waals surface area (Å²) < 4.78 is 39.4. The molecule has 3 rings (SSSR count). The number of benzene rings is 1. The molecule has 2 aromatic heterocycles. The van der Waals surface area contributed by atoms with E-state index in [9.17, 15) is 18.0 Å². The number of carboxylic acids is 1. The number of nitrogens with two attached hydrogens (primary N) is 1. The Kier molecular flexibility index (Phi) is 7.81. The predicted molar refractivity (Wildman–Crippen MR) is 122 cm³/mol. The number of nitrogens with zero attached hydrogens (tertiary/aromatic N) is 4. The molecule has 0 fully saturated rings. The standard InChI is InChI=1S/C18H19ClN6O7S2/c1-3-32-18-22-13(33-8-11(20)15(26)27)7-12-21-17(23-25(12)18)34(29,30)24-14-9(16(28)31-2)5-4-6-10(14)19/h4-7,11,24H,3,8,20H2,1-2H3,(H,26,27)/t11-/m1/s1. The SMILES string of the molecule is CCOc1nc(SC[C@@H](N)C(=O)O)cc2nc(S(=O)(=O)Nc3c(Cl)cccc3C(=O)OC)nn12. The van der Waals surface area contributed by atoms with Gasteiger partial charge in [-0.1, -0.05) is 17.7 Å². The van der Waals surface area contributed by atoms with Crippen molar-refractivity contribution in [1.82, 2.24) is 19.6 Å². The van der Waals surface area contributed by atoms with Crippen LogP contribution in [0.25, 0.3) is 5.65 Å². The molecule has 0 amide bonds. The van der Waals surface area contributed by atoms with E-state index >= 15 is 0 Å². The number of anilines is 1. The quantitative estimate of drug-likeness (QED) is 0.194. The zero-order chi connectivity index (χ0) is 25.0. The molecule has 0 unspecified atom stereocenters. The third kappa shape index (κ3) is 5.49. The fourth-order valence-electron chi connectivity index (χ4n) is 2.57. The Morgan fingerprint density at radius 1 is 1.35 bits per heavy atom. The number of hydrogen-bond acceptors (Lipinski definition) is 11. The number of aliphatic carboxylic acids is 1.